The van der Waals surface area contributed by atoms with Gasteiger partial charge in [0.05, 0.1) is 12.6 Å². The summed E-state index contributed by atoms with van der Waals surface area (Å²) in [5, 5.41) is 13.3. The van der Waals surface area contributed by atoms with Crippen molar-refractivity contribution in [1.29, 1.82) is 0 Å². The molecule has 4 N–H and O–H groups in total. The molecule has 36 heavy (non-hydrogen) atoms. The van der Waals surface area contributed by atoms with Crippen molar-refractivity contribution in [1.82, 2.24) is 4.90 Å². The topological polar surface area (TPSA) is 133 Å². The summed E-state index contributed by atoms with van der Waals surface area (Å²) in [5.74, 6) is -1.47. The third-order valence-electron chi connectivity index (χ3n) is 6.39. The molecule has 0 aromatic heterocycles. The van der Waals surface area contributed by atoms with Crippen molar-refractivity contribution in [2.24, 2.45) is 5.73 Å². The van der Waals surface area contributed by atoms with Crippen molar-refractivity contribution >= 4 is 17.6 Å². The number of primary amides is 1. The van der Waals surface area contributed by atoms with Gasteiger partial charge in [0.25, 0.3) is 0 Å². The zero-order valence-corrected chi connectivity index (χ0v) is 20.8. The van der Waals surface area contributed by atoms with Crippen molar-refractivity contribution in [3.8, 4) is 5.75 Å². The summed E-state index contributed by atoms with van der Waals surface area (Å²) in [6, 6.07) is 12.7. The van der Waals surface area contributed by atoms with Crippen LogP contribution in [-0.4, -0.2) is 65.5 Å². The number of nitrogens with zero attached hydrogens (tertiary/aromatic N) is 1. The third kappa shape index (κ3) is 5.62. The number of para-hydroxylation sites is 1. The molecule has 10 nitrogen and oxygen atoms in total. The number of nitrogens with two attached hydrogens (primary N) is 1. The molecule has 0 spiro atoms. The summed E-state index contributed by atoms with van der Waals surface area (Å²) in [6.45, 7) is 5.48. The number of phenolic OH excluding ortho intramolecular Hbond substituents is 1. The molecule has 194 valence electrons. The Hall–Kier alpha value is -3.18. The summed E-state index contributed by atoms with van der Waals surface area (Å²) < 4.78 is 23.8. The number of ether oxygens (including phenoxy) is 4. The minimum atomic E-state index is -0.866. The number of anilines is 1. The molecule has 0 unspecified atom stereocenters. The molecule has 3 amide bonds. The Balaban J connectivity index is 1.68. The average Bonchev–Trinajstić information content (AvgIpc) is 3.29. The Morgan fingerprint density at radius 2 is 1.86 bits per heavy atom. The number of aryl methyl sites for hydroxylation is 1. The van der Waals surface area contributed by atoms with Gasteiger partial charge < -0.3 is 40.0 Å². The molecule has 2 aliphatic heterocycles. The van der Waals surface area contributed by atoms with Crippen molar-refractivity contribution in [3.63, 3.8) is 0 Å². The highest BCUT2D eigenvalue weighted by Gasteiger charge is 2.58. The third-order valence-corrected chi connectivity index (χ3v) is 6.39. The van der Waals surface area contributed by atoms with Gasteiger partial charge in [-0.2, -0.15) is 0 Å². The van der Waals surface area contributed by atoms with E-state index < -0.39 is 48.4 Å². The van der Waals surface area contributed by atoms with Crippen LogP contribution in [0.5, 0.6) is 5.75 Å². The number of methoxy groups -OCH3 is 1. The molecule has 5 atom stereocenters. The minimum Gasteiger partial charge on any atom is -0.508 e. The summed E-state index contributed by atoms with van der Waals surface area (Å²) in [5.41, 5.74) is 7.74. The van der Waals surface area contributed by atoms with Crippen LogP contribution in [0.1, 0.15) is 31.4 Å². The molecule has 2 fully saturated rings. The fourth-order valence-electron chi connectivity index (χ4n) is 4.69. The Morgan fingerprint density at radius 3 is 2.50 bits per heavy atom. The monoisotopic (exact) mass is 499 g/mol. The fourth-order valence-corrected chi connectivity index (χ4v) is 4.69. The van der Waals surface area contributed by atoms with E-state index in [1.54, 1.807) is 44.2 Å². The quantitative estimate of drug-likeness (QED) is 0.509. The van der Waals surface area contributed by atoms with Gasteiger partial charge >= 0.3 is 6.03 Å². The van der Waals surface area contributed by atoms with E-state index >= 15 is 0 Å². The first-order valence-electron chi connectivity index (χ1n) is 11.8. The first-order chi connectivity index (χ1) is 17.1. The van der Waals surface area contributed by atoms with Crippen LogP contribution in [0, 0.1) is 6.92 Å². The van der Waals surface area contributed by atoms with Crippen molar-refractivity contribution in [2.75, 3.05) is 12.4 Å². The lowest BCUT2D eigenvalue weighted by molar-refractivity contribution is -0.223. The van der Waals surface area contributed by atoms with Crippen LogP contribution in [-0.2, 0) is 30.3 Å². The molecule has 4 rings (SSSR count). The van der Waals surface area contributed by atoms with Crippen LogP contribution in [0.15, 0.2) is 48.5 Å². The number of urea groups is 1. The summed E-state index contributed by atoms with van der Waals surface area (Å²) in [6.07, 6.45) is -2.93. The molecule has 10 heteroatoms. The Bertz CT molecular complexity index is 1090. The molecule has 2 aliphatic rings. The lowest BCUT2D eigenvalue weighted by Crippen LogP contribution is -2.54. The van der Waals surface area contributed by atoms with Gasteiger partial charge in [-0.3, -0.25) is 4.79 Å². The second-order valence-corrected chi connectivity index (χ2v) is 9.56. The smallest absolute Gasteiger partial charge is 0.322 e. The van der Waals surface area contributed by atoms with Gasteiger partial charge in [-0.1, -0.05) is 35.9 Å². The molecular weight excluding hydrogens is 466 g/mol. The van der Waals surface area contributed by atoms with E-state index in [0.29, 0.717) is 11.3 Å². The highest BCUT2D eigenvalue weighted by molar-refractivity contribution is 5.90. The standard InChI is InChI=1S/C26H33N3O7/c1-15-9-11-17(12-10-15)28-25(32)29(14-16-7-5-6-8-19(16)30)18(13-20(27)31)21-22(33-4)23-24(34-21)36-26(2,3)35-23/h5-12,18,21-24,30H,13-14H2,1-4H3,(H2,27,31)(H,28,32)/t18-,21+,22-,23+,24+/m0/s1. The predicted molar refractivity (Wildman–Crippen MR) is 131 cm³/mol. The zero-order chi connectivity index (χ0) is 26.0. The number of phenols is 1. The number of carbonyl (C=O) groups excluding carboxylic acids is 2. The van der Waals surface area contributed by atoms with E-state index in [0.717, 1.165) is 5.56 Å². The number of nitrogens with one attached hydrogen (secondary N) is 1. The Kier molecular flexibility index (Phi) is 7.51. The van der Waals surface area contributed by atoms with E-state index in [-0.39, 0.29) is 18.7 Å². The van der Waals surface area contributed by atoms with Gasteiger partial charge in [0.2, 0.25) is 5.91 Å². The van der Waals surface area contributed by atoms with Crippen molar-refractivity contribution < 1.29 is 33.6 Å². The van der Waals surface area contributed by atoms with Crippen molar-refractivity contribution in [2.45, 2.75) is 70.2 Å². The van der Waals surface area contributed by atoms with Gasteiger partial charge in [0.1, 0.15) is 24.1 Å². The minimum absolute atomic E-state index is 0.0127. The maximum absolute atomic E-state index is 13.7. The number of hydrogen-bond acceptors (Lipinski definition) is 7. The Morgan fingerprint density at radius 1 is 1.17 bits per heavy atom. The number of aromatic hydroxyl groups is 1. The Labute approximate surface area is 210 Å². The van der Waals surface area contributed by atoms with Gasteiger partial charge in [0, 0.05) is 24.8 Å². The van der Waals surface area contributed by atoms with E-state index in [9.17, 15) is 14.7 Å². The number of hydrogen-bond donors (Lipinski definition) is 3. The summed E-state index contributed by atoms with van der Waals surface area (Å²) >= 11 is 0. The molecular formula is C26H33N3O7. The van der Waals surface area contributed by atoms with E-state index in [1.165, 1.54) is 18.1 Å². The van der Waals surface area contributed by atoms with Crippen LogP contribution in [0.2, 0.25) is 0 Å². The molecule has 0 radical (unpaired) electrons. The lowest BCUT2D eigenvalue weighted by atomic mass is 9.98. The molecule has 0 saturated carbocycles. The molecule has 2 heterocycles. The molecule has 0 aliphatic carbocycles. The first kappa shape index (κ1) is 25.9. The fraction of sp³-hybridized carbons (Fsp3) is 0.462. The second kappa shape index (κ2) is 10.4. The van der Waals surface area contributed by atoms with Gasteiger partial charge in [-0.15, -0.1) is 0 Å². The largest absolute Gasteiger partial charge is 0.508 e. The molecule has 2 aromatic carbocycles. The summed E-state index contributed by atoms with van der Waals surface area (Å²) in [4.78, 5) is 27.3. The molecule has 0 bridgehead atoms. The van der Waals surface area contributed by atoms with Crippen LogP contribution in [0.3, 0.4) is 0 Å². The lowest BCUT2D eigenvalue weighted by Gasteiger charge is -2.37. The number of benzene rings is 2. The second-order valence-electron chi connectivity index (χ2n) is 9.56. The SMILES string of the molecule is CO[C@@H]1[C@H]2OC(C)(C)O[C@H]2O[C@@H]1[C@H](CC(N)=O)N(Cc1ccccc1O)C(=O)Nc1ccc(C)cc1. The highest BCUT2D eigenvalue weighted by atomic mass is 16.8. The van der Waals surface area contributed by atoms with E-state index in [4.69, 9.17) is 24.7 Å². The normalized spacial score (nSPS) is 25.2. The molecule has 2 saturated heterocycles. The maximum atomic E-state index is 13.7. The van der Waals surface area contributed by atoms with Crippen molar-refractivity contribution in [3.05, 3.63) is 59.7 Å². The van der Waals surface area contributed by atoms with Crippen LogP contribution >= 0.6 is 0 Å². The average molecular weight is 500 g/mol. The number of carbonyl (C=O) groups is 2. The number of rotatable bonds is 8. The van der Waals surface area contributed by atoms with E-state index in [2.05, 4.69) is 5.32 Å². The van der Waals surface area contributed by atoms with Crippen LogP contribution < -0.4 is 11.1 Å². The first-order valence-corrected chi connectivity index (χ1v) is 11.8. The van der Waals surface area contributed by atoms with Crippen LogP contribution in [0.25, 0.3) is 0 Å². The van der Waals surface area contributed by atoms with Crippen LogP contribution in [0.4, 0.5) is 10.5 Å². The number of amides is 3. The zero-order valence-electron chi connectivity index (χ0n) is 20.8. The van der Waals surface area contributed by atoms with Gasteiger partial charge in [-0.05, 0) is 39.0 Å². The predicted octanol–water partition coefficient (Wildman–Crippen LogP) is 2.87. The van der Waals surface area contributed by atoms with Gasteiger partial charge in [-0.25, -0.2) is 4.79 Å². The maximum Gasteiger partial charge on any atom is 0.322 e. The van der Waals surface area contributed by atoms with Gasteiger partial charge in [0.15, 0.2) is 12.1 Å². The number of fused-ring (bicyclic) bond motifs is 1. The van der Waals surface area contributed by atoms with E-state index in [1.807, 2.05) is 19.1 Å². The summed E-state index contributed by atoms with van der Waals surface area (Å²) in [7, 11) is 1.51. The molecule has 2 aromatic rings. The highest BCUT2D eigenvalue weighted by Crippen LogP contribution is 2.41.